The Bertz CT molecular complexity index is 728. The summed E-state index contributed by atoms with van der Waals surface area (Å²) in [6.45, 7) is 0. The van der Waals surface area contributed by atoms with Crippen molar-refractivity contribution >= 4 is 17.5 Å². The number of hydrogen-bond acceptors (Lipinski definition) is 7. The standard InChI is InChI=1S/C18H22N4O3/c1-24-18(23)12-7-9-14(10-8-12)25-17-15(19)16(20-11-21-17)22-13-5-3-2-4-6-13/h7-11,13H,2-6,19H2,1H3,(H,20,21,22). The number of aromatic nitrogens is 2. The number of nitrogens with two attached hydrogens (primary N) is 1. The Morgan fingerprint density at radius 2 is 1.88 bits per heavy atom. The van der Waals surface area contributed by atoms with Crippen molar-refractivity contribution in [1.29, 1.82) is 0 Å². The van der Waals surface area contributed by atoms with Crippen LogP contribution < -0.4 is 15.8 Å². The molecule has 0 saturated heterocycles. The Labute approximate surface area is 146 Å². The topological polar surface area (TPSA) is 99.4 Å². The second-order valence-electron chi connectivity index (χ2n) is 6.04. The van der Waals surface area contributed by atoms with Crippen LogP contribution in [0.15, 0.2) is 30.6 Å². The predicted molar refractivity (Wildman–Crippen MR) is 94.8 cm³/mol. The van der Waals surface area contributed by atoms with Crippen LogP contribution in [-0.2, 0) is 4.74 Å². The SMILES string of the molecule is COC(=O)c1ccc(Oc2ncnc(NC3CCCCC3)c2N)cc1. The monoisotopic (exact) mass is 342 g/mol. The number of nitrogens with one attached hydrogen (secondary N) is 1. The molecule has 1 saturated carbocycles. The third-order valence-electron chi connectivity index (χ3n) is 4.28. The van der Waals surface area contributed by atoms with Gasteiger partial charge in [0.25, 0.3) is 0 Å². The smallest absolute Gasteiger partial charge is 0.337 e. The fraction of sp³-hybridized carbons (Fsp3) is 0.389. The third-order valence-corrected chi connectivity index (χ3v) is 4.28. The summed E-state index contributed by atoms with van der Waals surface area (Å²) >= 11 is 0. The van der Waals surface area contributed by atoms with Crippen molar-refractivity contribution in [3.8, 4) is 11.6 Å². The first-order valence-corrected chi connectivity index (χ1v) is 8.40. The second-order valence-corrected chi connectivity index (χ2v) is 6.04. The van der Waals surface area contributed by atoms with Gasteiger partial charge in [0, 0.05) is 6.04 Å². The maximum atomic E-state index is 11.5. The van der Waals surface area contributed by atoms with Crippen LogP contribution in [0.1, 0.15) is 42.5 Å². The van der Waals surface area contributed by atoms with E-state index in [1.165, 1.54) is 32.7 Å². The molecule has 0 atom stereocenters. The zero-order valence-electron chi connectivity index (χ0n) is 14.2. The zero-order valence-corrected chi connectivity index (χ0v) is 14.2. The van der Waals surface area contributed by atoms with Gasteiger partial charge in [-0.1, -0.05) is 19.3 Å². The lowest BCUT2D eigenvalue weighted by atomic mass is 9.95. The lowest BCUT2D eigenvalue weighted by Gasteiger charge is -2.24. The molecule has 1 aliphatic carbocycles. The Morgan fingerprint density at radius 1 is 1.16 bits per heavy atom. The average molecular weight is 342 g/mol. The molecule has 25 heavy (non-hydrogen) atoms. The molecular formula is C18H22N4O3. The van der Waals surface area contributed by atoms with E-state index in [2.05, 4.69) is 20.0 Å². The van der Waals surface area contributed by atoms with Crippen LogP contribution in [-0.4, -0.2) is 29.1 Å². The van der Waals surface area contributed by atoms with Gasteiger partial charge in [0.1, 0.15) is 17.8 Å². The normalized spacial score (nSPS) is 14.8. The van der Waals surface area contributed by atoms with Crippen LogP contribution in [0.4, 0.5) is 11.5 Å². The van der Waals surface area contributed by atoms with E-state index in [0.717, 1.165) is 12.8 Å². The third kappa shape index (κ3) is 4.17. The Kier molecular flexibility index (Phi) is 5.33. The molecule has 0 aliphatic heterocycles. The van der Waals surface area contributed by atoms with Crippen molar-refractivity contribution in [3.63, 3.8) is 0 Å². The largest absolute Gasteiger partial charge is 0.465 e. The molecule has 7 nitrogen and oxygen atoms in total. The number of esters is 1. The molecule has 3 rings (SSSR count). The van der Waals surface area contributed by atoms with E-state index in [0.29, 0.717) is 34.7 Å². The number of nitrogens with zero attached hydrogens (tertiary/aromatic N) is 2. The van der Waals surface area contributed by atoms with Gasteiger partial charge in [-0.15, -0.1) is 0 Å². The number of hydrogen-bond donors (Lipinski definition) is 2. The fourth-order valence-corrected chi connectivity index (χ4v) is 2.90. The highest BCUT2D eigenvalue weighted by Gasteiger charge is 2.17. The summed E-state index contributed by atoms with van der Waals surface area (Å²) in [5, 5.41) is 3.39. The van der Waals surface area contributed by atoms with E-state index in [9.17, 15) is 4.79 Å². The first-order valence-electron chi connectivity index (χ1n) is 8.40. The maximum absolute atomic E-state index is 11.5. The van der Waals surface area contributed by atoms with Crippen molar-refractivity contribution in [2.45, 2.75) is 38.1 Å². The van der Waals surface area contributed by atoms with Gasteiger partial charge in [-0.05, 0) is 37.1 Å². The molecule has 0 radical (unpaired) electrons. The molecule has 1 aliphatic rings. The fourth-order valence-electron chi connectivity index (χ4n) is 2.90. The molecule has 1 aromatic heterocycles. The van der Waals surface area contributed by atoms with Gasteiger partial charge in [-0.3, -0.25) is 0 Å². The van der Waals surface area contributed by atoms with Crippen molar-refractivity contribution in [2.75, 3.05) is 18.2 Å². The van der Waals surface area contributed by atoms with Gasteiger partial charge in [0.2, 0.25) is 5.88 Å². The number of nitrogen functional groups attached to an aromatic ring is 1. The highest BCUT2D eigenvalue weighted by Crippen LogP contribution is 2.31. The predicted octanol–water partition coefficient (Wildman–Crippen LogP) is 3.38. The summed E-state index contributed by atoms with van der Waals surface area (Å²) in [7, 11) is 1.34. The lowest BCUT2D eigenvalue weighted by molar-refractivity contribution is 0.0600. The minimum Gasteiger partial charge on any atom is -0.465 e. The summed E-state index contributed by atoms with van der Waals surface area (Å²) in [5.74, 6) is 1.02. The average Bonchev–Trinajstić information content (AvgIpc) is 2.66. The second kappa shape index (κ2) is 7.83. The number of methoxy groups -OCH3 is 1. The van der Waals surface area contributed by atoms with Crippen molar-refractivity contribution in [3.05, 3.63) is 36.2 Å². The van der Waals surface area contributed by atoms with Gasteiger partial charge in [0.15, 0.2) is 5.82 Å². The molecule has 0 amide bonds. The van der Waals surface area contributed by atoms with Crippen LogP contribution in [0.25, 0.3) is 0 Å². The lowest BCUT2D eigenvalue weighted by Crippen LogP contribution is -2.23. The van der Waals surface area contributed by atoms with Gasteiger partial charge in [0.05, 0.1) is 12.7 Å². The molecular weight excluding hydrogens is 320 g/mol. The Hall–Kier alpha value is -2.83. The number of benzene rings is 1. The first kappa shape index (κ1) is 17.0. The van der Waals surface area contributed by atoms with Crippen LogP contribution in [0.5, 0.6) is 11.6 Å². The van der Waals surface area contributed by atoms with Crippen LogP contribution >= 0.6 is 0 Å². The van der Waals surface area contributed by atoms with Gasteiger partial charge in [-0.2, -0.15) is 4.98 Å². The van der Waals surface area contributed by atoms with E-state index < -0.39 is 5.97 Å². The minimum atomic E-state index is -0.396. The van der Waals surface area contributed by atoms with E-state index >= 15 is 0 Å². The van der Waals surface area contributed by atoms with E-state index in [4.69, 9.17) is 10.5 Å². The zero-order chi connectivity index (χ0) is 17.6. The van der Waals surface area contributed by atoms with Gasteiger partial charge >= 0.3 is 5.97 Å². The highest BCUT2D eigenvalue weighted by atomic mass is 16.5. The first-order chi connectivity index (χ1) is 12.2. The van der Waals surface area contributed by atoms with E-state index in [-0.39, 0.29) is 0 Å². The summed E-state index contributed by atoms with van der Waals surface area (Å²) in [5.41, 5.74) is 6.99. The van der Waals surface area contributed by atoms with Gasteiger partial charge in [-0.25, -0.2) is 9.78 Å². The summed E-state index contributed by atoms with van der Waals surface area (Å²) in [6.07, 6.45) is 7.40. The van der Waals surface area contributed by atoms with E-state index in [1.54, 1.807) is 24.3 Å². The molecule has 3 N–H and O–H groups in total. The summed E-state index contributed by atoms with van der Waals surface area (Å²) < 4.78 is 10.4. The van der Waals surface area contributed by atoms with Crippen LogP contribution in [0, 0.1) is 0 Å². The minimum absolute atomic E-state index is 0.291. The summed E-state index contributed by atoms with van der Waals surface area (Å²) in [6, 6.07) is 6.97. The number of ether oxygens (including phenoxy) is 2. The van der Waals surface area contributed by atoms with Crippen molar-refractivity contribution < 1.29 is 14.3 Å². The van der Waals surface area contributed by atoms with Crippen molar-refractivity contribution in [1.82, 2.24) is 9.97 Å². The maximum Gasteiger partial charge on any atom is 0.337 e. The molecule has 7 heteroatoms. The molecule has 132 valence electrons. The Balaban J connectivity index is 1.72. The molecule has 2 aromatic rings. The highest BCUT2D eigenvalue weighted by molar-refractivity contribution is 5.89. The number of carbonyl (C=O) groups is 1. The summed E-state index contributed by atoms with van der Waals surface area (Å²) in [4.78, 5) is 19.8. The Morgan fingerprint density at radius 3 is 2.56 bits per heavy atom. The molecule has 0 bridgehead atoms. The quantitative estimate of drug-likeness (QED) is 0.803. The van der Waals surface area contributed by atoms with Crippen molar-refractivity contribution in [2.24, 2.45) is 0 Å². The molecule has 1 aromatic carbocycles. The van der Waals surface area contributed by atoms with Crippen LogP contribution in [0.3, 0.4) is 0 Å². The molecule has 0 unspecified atom stereocenters. The molecule has 0 spiro atoms. The van der Waals surface area contributed by atoms with Gasteiger partial charge < -0.3 is 20.5 Å². The van der Waals surface area contributed by atoms with E-state index in [1.807, 2.05) is 0 Å². The number of rotatable bonds is 5. The number of anilines is 2. The number of carbonyl (C=O) groups excluding carboxylic acids is 1. The molecule has 1 fully saturated rings. The molecule has 1 heterocycles. The van der Waals surface area contributed by atoms with Crippen LogP contribution in [0.2, 0.25) is 0 Å².